The van der Waals surface area contributed by atoms with E-state index in [1.807, 2.05) is 0 Å². The van der Waals surface area contributed by atoms with Crippen LogP contribution in [0.15, 0.2) is 108 Å². The minimum absolute atomic E-state index is 0.148. The Labute approximate surface area is 188 Å². The Morgan fingerprint density at radius 1 is 0.625 bits per heavy atom. The van der Waals surface area contributed by atoms with E-state index in [-0.39, 0.29) is 21.3 Å². The third-order valence-electron chi connectivity index (χ3n) is 4.46. The molecule has 0 fully saturated rings. The van der Waals surface area contributed by atoms with Gasteiger partial charge < -0.3 is 8.37 Å². The highest BCUT2D eigenvalue weighted by Crippen LogP contribution is 2.27. The number of hydrogen-bond acceptors (Lipinski definition) is 6. The highest BCUT2D eigenvalue weighted by atomic mass is 32.2. The van der Waals surface area contributed by atoms with Crippen molar-refractivity contribution in [2.75, 3.05) is 0 Å². The van der Waals surface area contributed by atoms with Crippen molar-refractivity contribution in [3.05, 3.63) is 109 Å². The fraction of sp³-hybridized carbons (Fsp3) is 0.0833. The fourth-order valence-electron chi connectivity index (χ4n) is 2.94. The van der Waals surface area contributed by atoms with Crippen LogP contribution in [0.5, 0.6) is 11.5 Å². The van der Waals surface area contributed by atoms with Crippen LogP contribution in [0.2, 0.25) is 0 Å². The van der Waals surface area contributed by atoms with Crippen LogP contribution in [0.25, 0.3) is 0 Å². The zero-order valence-electron chi connectivity index (χ0n) is 17.2. The molecule has 0 aliphatic rings. The maximum Gasteiger partial charge on any atom is 0.339 e. The molecular weight excluding hydrogens is 448 g/mol. The molecule has 0 heterocycles. The van der Waals surface area contributed by atoms with Crippen molar-refractivity contribution >= 4 is 20.2 Å². The van der Waals surface area contributed by atoms with Crippen molar-refractivity contribution in [2.24, 2.45) is 0 Å². The fourth-order valence-corrected chi connectivity index (χ4v) is 5.03. The minimum Gasteiger partial charge on any atom is -0.379 e. The molecule has 6 nitrogen and oxygen atoms in total. The molecule has 166 valence electrons. The minimum atomic E-state index is -4.29. The third-order valence-corrected chi connectivity index (χ3v) is 6.92. The summed E-state index contributed by atoms with van der Waals surface area (Å²) in [5.74, 6) is 0.297. The summed E-state index contributed by atoms with van der Waals surface area (Å²) in [5, 5.41) is 0. The molecule has 8 heteroatoms. The average molecular weight is 471 g/mol. The summed E-state index contributed by atoms with van der Waals surface area (Å²) in [6, 6.07) is 18.2. The van der Waals surface area contributed by atoms with Crippen molar-refractivity contribution in [3.8, 4) is 11.5 Å². The van der Waals surface area contributed by atoms with E-state index < -0.39 is 20.2 Å². The van der Waals surface area contributed by atoms with Crippen LogP contribution in [-0.4, -0.2) is 16.8 Å². The van der Waals surface area contributed by atoms with E-state index >= 15 is 0 Å². The zero-order valence-corrected chi connectivity index (χ0v) is 18.8. The molecule has 0 aromatic heterocycles. The van der Waals surface area contributed by atoms with Crippen molar-refractivity contribution in [1.29, 1.82) is 0 Å². The molecule has 0 saturated carbocycles. The van der Waals surface area contributed by atoms with Crippen LogP contribution in [0, 0.1) is 0 Å². The van der Waals surface area contributed by atoms with Gasteiger partial charge in [0.25, 0.3) is 0 Å². The van der Waals surface area contributed by atoms with Gasteiger partial charge in [-0.25, -0.2) is 0 Å². The van der Waals surface area contributed by atoms with Crippen LogP contribution in [0.4, 0.5) is 0 Å². The van der Waals surface area contributed by atoms with E-state index in [0.717, 1.165) is 6.07 Å². The van der Waals surface area contributed by atoms with Gasteiger partial charge in [-0.05, 0) is 54.3 Å². The van der Waals surface area contributed by atoms with Gasteiger partial charge in [0.15, 0.2) is 0 Å². The van der Waals surface area contributed by atoms with E-state index in [4.69, 9.17) is 8.37 Å². The Balaban J connectivity index is 1.92. The van der Waals surface area contributed by atoms with Crippen molar-refractivity contribution in [1.82, 2.24) is 0 Å². The summed E-state index contributed by atoms with van der Waals surface area (Å²) in [6.07, 6.45) is 4.09. The molecule has 0 saturated heterocycles. The molecule has 0 radical (unpaired) electrons. The standard InChI is InChI=1S/C24H22O6S2/c1-3-10-19-12-5-7-16-23(19)29-31(25,26)21-14-9-15-22(18-21)32(27,28)30-24-17-8-6-13-20(24)11-4-2/h3-9,12-18H,1-2,10-11H2. The summed E-state index contributed by atoms with van der Waals surface area (Å²) in [6.45, 7) is 7.30. The maximum atomic E-state index is 12.8. The summed E-state index contributed by atoms with van der Waals surface area (Å²) < 4.78 is 61.9. The third kappa shape index (κ3) is 5.46. The molecule has 3 aromatic carbocycles. The number of para-hydroxylation sites is 2. The van der Waals surface area contributed by atoms with Gasteiger partial charge in [0, 0.05) is 0 Å². The predicted molar refractivity (Wildman–Crippen MR) is 123 cm³/mol. The molecule has 0 atom stereocenters. The SMILES string of the molecule is C=CCc1ccccc1OS(=O)(=O)c1cccc(S(=O)(=O)Oc2ccccc2CC=C)c1. The van der Waals surface area contributed by atoms with E-state index in [0.29, 0.717) is 24.0 Å². The maximum absolute atomic E-state index is 12.8. The molecule has 0 spiro atoms. The van der Waals surface area contributed by atoms with E-state index in [9.17, 15) is 16.8 Å². The quantitative estimate of drug-likeness (QED) is 0.316. The lowest BCUT2D eigenvalue weighted by Crippen LogP contribution is -2.14. The molecule has 0 amide bonds. The Morgan fingerprint density at radius 3 is 1.44 bits per heavy atom. The largest absolute Gasteiger partial charge is 0.379 e. The number of rotatable bonds is 10. The topological polar surface area (TPSA) is 86.7 Å². The van der Waals surface area contributed by atoms with Gasteiger partial charge in [0.05, 0.1) is 0 Å². The second kappa shape index (κ2) is 9.84. The van der Waals surface area contributed by atoms with Crippen LogP contribution >= 0.6 is 0 Å². The second-order valence-electron chi connectivity index (χ2n) is 6.75. The van der Waals surface area contributed by atoms with Gasteiger partial charge in [-0.1, -0.05) is 54.6 Å². The van der Waals surface area contributed by atoms with Gasteiger partial charge >= 0.3 is 20.2 Å². The van der Waals surface area contributed by atoms with Crippen molar-refractivity contribution in [2.45, 2.75) is 22.6 Å². The molecule has 0 unspecified atom stereocenters. The molecule has 0 aliphatic carbocycles. The van der Waals surface area contributed by atoms with Crippen LogP contribution in [0.1, 0.15) is 11.1 Å². The van der Waals surface area contributed by atoms with Crippen molar-refractivity contribution in [3.63, 3.8) is 0 Å². The van der Waals surface area contributed by atoms with Gasteiger partial charge in [-0.3, -0.25) is 0 Å². The first-order valence-corrected chi connectivity index (χ1v) is 12.4. The Morgan fingerprint density at radius 2 is 1.03 bits per heavy atom. The summed E-state index contributed by atoms with van der Waals surface area (Å²) in [7, 11) is -8.59. The van der Waals surface area contributed by atoms with E-state index in [1.165, 1.54) is 30.3 Å². The normalized spacial score (nSPS) is 11.5. The molecule has 0 bridgehead atoms. The molecule has 32 heavy (non-hydrogen) atoms. The summed E-state index contributed by atoms with van der Waals surface area (Å²) in [4.78, 5) is -0.620. The average Bonchev–Trinajstić information content (AvgIpc) is 2.77. The Hall–Kier alpha value is -3.36. The molecular formula is C24H22O6S2. The second-order valence-corrected chi connectivity index (χ2v) is 9.84. The molecule has 3 aromatic rings. The van der Waals surface area contributed by atoms with Crippen molar-refractivity contribution < 1.29 is 25.2 Å². The zero-order chi connectivity index (χ0) is 23.2. The highest BCUT2D eigenvalue weighted by Gasteiger charge is 2.24. The smallest absolute Gasteiger partial charge is 0.339 e. The lowest BCUT2D eigenvalue weighted by Gasteiger charge is -2.13. The molecule has 0 N–H and O–H groups in total. The van der Waals surface area contributed by atoms with E-state index in [1.54, 1.807) is 48.6 Å². The van der Waals surface area contributed by atoms with Gasteiger partial charge in [-0.2, -0.15) is 16.8 Å². The summed E-state index contributed by atoms with van der Waals surface area (Å²) in [5.41, 5.74) is 1.27. The van der Waals surface area contributed by atoms with Gasteiger partial charge in [0.2, 0.25) is 0 Å². The lowest BCUT2D eigenvalue weighted by molar-refractivity contribution is 0.481. The number of benzene rings is 3. The first-order chi connectivity index (χ1) is 15.3. The molecule has 0 aliphatic heterocycles. The Bertz CT molecular complexity index is 1240. The van der Waals surface area contributed by atoms with Crippen LogP contribution in [0.3, 0.4) is 0 Å². The number of allylic oxidation sites excluding steroid dienone is 2. The monoisotopic (exact) mass is 470 g/mol. The first kappa shape index (κ1) is 23.3. The summed E-state index contributed by atoms with van der Waals surface area (Å²) >= 11 is 0. The van der Waals surface area contributed by atoms with Crippen LogP contribution < -0.4 is 8.37 Å². The van der Waals surface area contributed by atoms with Crippen LogP contribution in [-0.2, 0) is 33.1 Å². The lowest BCUT2D eigenvalue weighted by atomic mass is 10.1. The van der Waals surface area contributed by atoms with E-state index in [2.05, 4.69) is 13.2 Å². The predicted octanol–water partition coefficient (Wildman–Crippen LogP) is 4.68. The molecule has 3 rings (SSSR count). The Kier molecular flexibility index (Phi) is 7.17. The number of hydrogen-bond donors (Lipinski definition) is 0. The highest BCUT2D eigenvalue weighted by molar-refractivity contribution is 7.88. The van der Waals surface area contributed by atoms with Gasteiger partial charge in [0.1, 0.15) is 21.3 Å². The van der Waals surface area contributed by atoms with Gasteiger partial charge in [-0.15, -0.1) is 13.2 Å². The first-order valence-electron chi connectivity index (χ1n) is 9.63.